The predicted octanol–water partition coefficient (Wildman–Crippen LogP) is 4.06. The van der Waals surface area contributed by atoms with Crippen molar-refractivity contribution >= 4 is 33.2 Å². The number of hydrogen-bond acceptors (Lipinski definition) is 2. The fraction of sp³-hybridized carbons (Fsp3) is 0.308. The van der Waals surface area contributed by atoms with Crippen LogP contribution in [0.5, 0.6) is 0 Å². The van der Waals surface area contributed by atoms with Crippen molar-refractivity contribution in [1.29, 1.82) is 0 Å². The molecule has 2 rings (SSSR count). The lowest BCUT2D eigenvalue weighted by molar-refractivity contribution is 0.731. The zero-order valence-corrected chi connectivity index (χ0v) is 12.9. The molecule has 0 aliphatic heterocycles. The van der Waals surface area contributed by atoms with Crippen LogP contribution in [-0.4, -0.2) is 9.78 Å². The summed E-state index contributed by atoms with van der Waals surface area (Å²) >= 11 is 9.40. The van der Waals surface area contributed by atoms with E-state index in [4.69, 9.17) is 11.6 Å². The number of nitrogens with zero attached hydrogens (tertiary/aromatic N) is 2. The maximum atomic E-state index is 5.97. The third-order valence-electron chi connectivity index (χ3n) is 2.96. The van der Waals surface area contributed by atoms with Crippen molar-refractivity contribution in [2.24, 2.45) is 7.05 Å². The fourth-order valence-corrected chi connectivity index (χ4v) is 2.41. The summed E-state index contributed by atoms with van der Waals surface area (Å²) in [7, 11) is 1.95. The molecule has 0 radical (unpaired) electrons. The molecule has 0 spiro atoms. The molecule has 0 aliphatic rings. The van der Waals surface area contributed by atoms with Gasteiger partial charge in [-0.2, -0.15) is 5.10 Å². The summed E-state index contributed by atoms with van der Waals surface area (Å²) in [6.45, 7) is 4.82. The number of aromatic nitrogens is 2. The SMILES string of the molecule is Cc1nn(C)c(C)c1NCc1ccc(Cl)c(Br)c1. The van der Waals surface area contributed by atoms with Crippen LogP contribution < -0.4 is 5.32 Å². The van der Waals surface area contributed by atoms with Crippen LogP contribution >= 0.6 is 27.5 Å². The minimum absolute atomic E-state index is 0.729. The van der Waals surface area contributed by atoms with Crippen LogP contribution in [0.1, 0.15) is 17.0 Å². The average molecular weight is 329 g/mol. The number of nitrogens with one attached hydrogen (secondary N) is 1. The van der Waals surface area contributed by atoms with Crippen LogP contribution in [0, 0.1) is 13.8 Å². The minimum Gasteiger partial charge on any atom is -0.378 e. The van der Waals surface area contributed by atoms with Gasteiger partial charge in [-0.3, -0.25) is 4.68 Å². The molecule has 96 valence electrons. The highest BCUT2D eigenvalue weighted by molar-refractivity contribution is 9.10. The van der Waals surface area contributed by atoms with E-state index in [1.165, 1.54) is 5.56 Å². The summed E-state index contributed by atoms with van der Waals surface area (Å²) in [4.78, 5) is 0. The number of anilines is 1. The predicted molar refractivity (Wildman–Crippen MR) is 79.2 cm³/mol. The van der Waals surface area contributed by atoms with E-state index < -0.39 is 0 Å². The number of halogens is 2. The van der Waals surface area contributed by atoms with Gasteiger partial charge in [0, 0.05) is 18.1 Å². The molecule has 1 N–H and O–H groups in total. The quantitative estimate of drug-likeness (QED) is 0.920. The largest absolute Gasteiger partial charge is 0.378 e. The second-order valence-corrected chi connectivity index (χ2v) is 5.53. The van der Waals surface area contributed by atoms with Gasteiger partial charge < -0.3 is 5.32 Å². The molecule has 0 bridgehead atoms. The third-order valence-corrected chi connectivity index (χ3v) is 4.18. The van der Waals surface area contributed by atoms with Gasteiger partial charge in [0.1, 0.15) is 0 Å². The van der Waals surface area contributed by atoms with Gasteiger partial charge in [-0.25, -0.2) is 0 Å². The summed E-state index contributed by atoms with van der Waals surface area (Å²) in [5.41, 5.74) is 4.43. The Balaban J connectivity index is 2.14. The van der Waals surface area contributed by atoms with Gasteiger partial charge in [0.25, 0.3) is 0 Å². The highest BCUT2D eigenvalue weighted by Crippen LogP contribution is 2.24. The molecular weight excluding hydrogens is 314 g/mol. The lowest BCUT2D eigenvalue weighted by Crippen LogP contribution is -2.01. The van der Waals surface area contributed by atoms with E-state index in [0.717, 1.165) is 33.1 Å². The Morgan fingerprint density at radius 1 is 1.39 bits per heavy atom. The van der Waals surface area contributed by atoms with Crippen molar-refractivity contribution in [3.8, 4) is 0 Å². The zero-order valence-electron chi connectivity index (χ0n) is 10.6. The molecule has 3 nitrogen and oxygen atoms in total. The van der Waals surface area contributed by atoms with Gasteiger partial charge in [0.05, 0.1) is 22.1 Å². The second kappa shape index (κ2) is 5.33. The van der Waals surface area contributed by atoms with Crippen molar-refractivity contribution in [1.82, 2.24) is 9.78 Å². The molecule has 0 saturated carbocycles. The van der Waals surface area contributed by atoms with Gasteiger partial charge in [-0.15, -0.1) is 0 Å². The maximum Gasteiger partial charge on any atom is 0.0827 e. The smallest absolute Gasteiger partial charge is 0.0827 e. The lowest BCUT2D eigenvalue weighted by Gasteiger charge is -2.08. The van der Waals surface area contributed by atoms with Gasteiger partial charge in [0.2, 0.25) is 0 Å². The summed E-state index contributed by atoms with van der Waals surface area (Å²) in [6.07, 6.45) is 0. The standard InChI is InChI=1S/C13H15BrClN3/c1-8-13(9(2)18(3)17-8)16-7-10-4-5-12(15)11(14)6-10/h4-6,16H,7H2,1-3H3. The van der Waals surface area contributed by atoms with Crippen LogP contribution in [0.2, 0.25) is 5.02 Å². The number of rotatable bonds is 3. The number of hydrogen-bond donors (Lipinski definition) is 1. The average Bonchev–Trinajstić information content (AvgIpc) is 2.56. The molecule has 0 aliphatic carbocycles. The zero-order chi connectivity index (χ0) is 13.3. The van der Waals surface area contributed by atoms with Gasteiger partial charge in [0.15, 0.2) is 0 Å². The molecule has 0 unspecified atom stereocenters. The Labute approximate surface area is 120 Å². The molecule has 0 atom stereocenters. The summed E-state index contributed by atoms with van der Waals surface area (Å²) in [5, 5.41) is 8.53. The van der Waals surface area contributed by atoms with Crippen LogP contribution in [-0.2, 0) is 13.6 Å². The first kappa shape index (κ1) is 13.4. The Morgan fingerprint density at radius 3 is 2.67 bits per heavy atom. The molecule has 2 aromatic rings. The van der Waals surface area contributed by atoms with E-state index in [1.807, 2.05) is 36.9 Å². The maximum absolute atomic E-state index is 5.97. The van der Waals surface area contributed by atoms with Crippen molar-refractivity contribution in [2.75, 3.05) is 5.32 Å². The first-order valence-electron chi connectivity index (χ1n) is 5.67. The Kier molecular flexibility index (Phi) is 3.97. The normalized spacial score (nSPS) is 10.7. The molecule has 18 heavy (non-hydrogen) atoms. The van der Waals surface area contributed by atoms with Gasteiger partial charge in [-0.1, -0.05) is 17.7 Å². The minimum atomic E-state index is 0.729. The van der Waals surface area contributed by atoms with Crippen LogP contribution in [0.15, 0.2) is 22.7 Å². The molecule has 1 heterocycles. The number of aryl methyl sites for hydroxylation is 2. The molecule has 0 fully saturated rings. The van der Waals surface area contributed by atoms with E-state index >= 15 is 0 Å². The molecule has 0 saturated heterocycles. The van der Waals surface area contributed by atoms with Crippen molar-refractivity contribution in [3.63, 3.8) is 0 Å². The van der Waals surface area contributed by atoms with E-state index in [2.05, 4.69) is 33.3 Å². The van der Waals surface area contributed by atoms with E-state index in [-0.39, 0.29) is 0 Å². The third kappa shape index (κ3) is 2.70. The first-order chi connectivity index (χ1) is 8.49. The highest BCUT2D eigenvalue weighted by atomic mass is 79.9. The van der Waals surface area contributed by atoms with Crippen molar-refractivity contribution < 1.29 is 0 Å². The number of benzene rings is 1. The van der Waals surface area contributed by atoms with E-state index in [0.29, 0.717) is 0 Å². The van der Waals surface area contributed by atoms with Gasteiger partial charge in [-0.05, 0) is 47.5 Å². The van der Waals surface area contributed by atoms with Crippen molar-refractivity contribution in [2.45, 2.75) is 20.4 Å². The lowest BCUT2D eigenvalue weighted by atomic mass is 10.2. The Bertz CT molecular complexity index is 578. The van der Waals surface area contributed by atoms with E-state index in [1.54, 1.807) is 0 Å². The topological polar surface area (TPSA) is 29.9 Å². The highest BCUT2D eigenvalue weighted by Gasteiger charge is 2.08. The van der Waals surface area contributed by atoms with E-state index in [9.17, 15) is 0 Å². The monoisotopic (exact) mass is 327 g/mol. The van der Waals surface area contributed by atoms with Crippen LogP contribution in [0.3, 0.4) is 0 Å². The fourth-order valence-electron chi connectivity index (χ4n) is 1.87. The molecule has 0 amide bonds. The first-order valence-corrected chi connectivity index (χ1v) is 6.84. The van der Waals surface area contributed by atoms with Crippen LogP contribution in [0.25, 0.3) is 0 Å². The Hall–Kier alpha value is -1.000. The molecular formula is C13H15BrClN3. The van der Waals surface area contributed by atoms with Crippen molar-refractivity contribution in [3.05, 3.63) is 44.6 Å². The van der Waals surface area contributed by atoms with Crippen LogP contribution in [0.4, 0.5) is 5.69 Å². The second-order valence-electron chi connectivity index (χ2n) is 4.27. The Morgan fingerprint density at radius 2 is 2.11 bits per heavy atom. The molecule has 1 aromatic carbocycles. The summed E-state index contributed by atoms with van der Waals surface area (Å²) in [5.74, 6) is 0. The van der Waals surface area contributed by atoms with Gasteiger partial charge >= 0.3 is 0 Å². The molecule has 5 heteroatoms. The summed E-state index contributed by atoms with van der Waals surface area (Å²) < 4.78 is 2.80. The molecule has 1 aromatic heterocycles. The summed E-state index contributed by atoms with van der Waals surface area (Å²) in [6, 6.07) is 5.93.